The summed E-state index contributed by atoms with van der Waals surface area (Å²) in [5.41, 5.74) is -0.00472. The summed E-state index contributed by atoms with van der Waals surface area (Å²) in [4.78, 5) is 12.7. The number of hydrogen-bond acceptors (Lipinski definition) is 3. The minimum Gasteiger partial charge on any atom is -0.464 e. The first kappa shape index (κ1) is 15.0. The monoisotopic (exact) mass is 276 g/mol. The van der Waals surface area contributed by atoms with E-state index in [0.717, 1.165) is 31.2 Å². The van der Waals surface area contributed by atoms with E-state index in [1.165, 1.54) is 0 Å². The molecule has 0 N–H and O–H groups in total. The van der Waals surface area contributed by atoms with Gasteiger partial charge in [0.15, 0.2) is 5.60 Å². The molecule has 0 heterocycles. The summed E-state index contributed by atoms with van der Waals surface area (Å²) in [6.07, 6.45) is 4.36. The van der Waals surface area contributed by atoms with Gasteiger partial charge in [0.25, 0.3) is 0 Å². The number of hydrogen-bond donors (Lipinski definition) is 0. The quantitative estimate of drug-likeness (QED) is 0.744. The van der Waals surface area contributed by atoms with Gasteiger partial charge in [-0.25, -0.2) is 4.79 Å². The lowest BCUT2D eigenvalue weighted by atomic mass is 9.79. The van der Waals surface area contributed by atoms with Gasteiger partial charge >= 0.3 is 5.97 Å². The van der Waals surface area contributed by atoms with Crippen molar-refractivity contribution < 1.29 is 14.3 Å². The van der Waals surface area contributed by atoms with Crippen LogP contribution in [0.15, 0.2) is 30.3 Å². The number of ether oxygens (including phenoxy) is 2. The highest BCUT2D eigenvalue weighted by Crippen LogP contribution is 2.44. The van der Waals surface area contributed by atoms with Gasteiger partial charge in [-0.1, -0.05) is 43.2 Å². The maximum absolute atomic E-state index is 12.7. The van der Waals surface area contributed by atoms with Crippen molar-refractivity contribution in [2.75, 3.05) is 13.2 Å². The summed E-state index contributed by atoms with van der Waals surface area (Å²) in [7, 11) is 0. The molecule has 3 heteroatoms. The molecule has 0 aliphatic heterocycles. The van der Waals surface area contributed by atoms with Crippen molar-refractivity contribution in [1.29, 1.82) is 0 Å². The maximum Gasteiger partial charge on any atom is 0.343 e. The van der Waals surface area contributed by atoms with Crippen molar-refractivity contribution in [3.8, 4) is 0 Å². The van der Waals surface area contributed by atoms with E-state index in [1.807, 2.05) is 44.2 Å². The number of benzene rings is 1. The zero-order valence-electron chi connectivity index (χ0n) is 12.4. The minimum atomic E-state index is -0.928. The van der Waals surface area contributed by atoms with E-state index in [2.05, 4.69) is 0 Å². The summed E-state index contributed by atoms with van der Waals surface area (Å²) in [6, 6.07) is 9.82. The van der Waals surface area contributed by atoms with Crippen molar-refractivity contribution >= 4 is 5.97 Å². The average Bonchev–Trinajstić information content (AvgIpc) is 3.00. The molecule has 1 saturated carbocycles. The molecule has 1 aliphatic rings. The summed E-state index contributed by atoms with van der Waals surface area (Å²) < 4.78 is 11.4. The molecule has 1 aromatic rings. The molecule has 1 aliphatic carbocycles. The Balaban J connectivity index is 2.45. The van der Waals surface area contributed by atoms with Crippen LogP contribution in [0, 0.1) is 5.92 Å². The normalized spacial score (nSPS) is 18.7. The molecule has 0 bridgehead atoms. The number of esters is 1. The van der Waals surface area contributed by atoms with Crippen molar-refractivity contribution in [2.45, 2.75) is 45.1 Å². The fourth-order valence-electron chi connectivity index (χ4n) is 3.26. The van der Waals surface area contributed by atoms with Gasteiger partial charge in [0.05, 0.1) is 6.61 Å². The van der Waals surface area contributed by atoms with Crippen LogP contribution in [-0.2, 0) is 19.9 Å². The number of carbonyl (C=O) groups excluding carboxylic acids is 1. The molecule has 0 spiro atoms. The van der Waals surface area contributed by atoms with Crippen LogP contribution in [0.1, 0.15) is 45.1 Å². The van der Waals surface area contributed by atoms with Crippen molar-refractivity contribution in [1.82, 2.24) is 0 Å². The van der Waals surface area contributed by atoms with E-state index >= 15 is 0 Å². The van der Waals surface area contributed by atoms with E-state index < -0.39 is 5.60 Å². The molecule has 0 aromatic heterocycles. The van der Waals surface area contributed by atoms with Gasteiger partial charge in [-0.15, -0.1) is 0 Å². The number of carbonyl (C=O) groups is 1. The lowest BCUT2D eigenvalue weighted by Crippen LogP contribution is -2.46. The van der Waals surface area contributed by atoms with Crippen LogP contribution >= 0.6 is 0 Å². The van der Waals surface area contributed by atoms with Crippen molar-refractivity contribution in [3.63, 3.8) is 0 Å². The van der Waals surface area contributed by atoms with E-state index in [9.17, 15) is 4.79 Å². The molecule has 0 radical (unpaired) electrons. The molecule has 110 valence electrons. The first-order valence-corrected chi connectivity index (χ1v) is 7.62. The summed E-state index contributed by atoms with van der Waals surface area (Å²) >= 11 is 0. The first-order chi connectivity index (χ1) is 9.75. The minimum absolute atomic E-state index is 0.212. The third-order valence-electron chi connectivity index (χ3n) is 4.08. The van der Waals surface area contributed by atoms with Gasteiger partial charge in [0, 0.05) is 12.5 Å². The highest BCUT2D eigenvalue weighted by Gasteiger charge is 2.50. The number of rotatable bonds is 6. The summed E-state index contributed by atoms with van der Waals surface area (Å²) in [5.74, 6) is -0.0242. The van der Waals surface area contributed by atoms with Crippen molar-refractivity contribution in [3.05, 3.63) is 35.9 Å². The van der Waals surface area contributed by atoms with Crippen LogP contribution in [0.2, 0.25) is 0 Å². The molecular weight excluding hydrogens is 252 g/mol. The first-order valence-electron chi connectivity index (χ1n) is 7.62. The molecule has 0 saturated heterocycles. The van der Waals surface area contributed by atoms with Crippen LogP contribution in [0.5, 0.6) is 0 Å². The predicted octanol–water partition coefficient (Wildman–Crippen LogP) is 3.67. The topological polar surface area (TPSA) is 35.5 Å². The van der Waals surface area contributed by atoms with E-state index in [1.54, 1.807) is 0 Å². The second-order valence-corrected chi connectivity index (χ2v) is 5.24. The Hall–Kier alpha value is -1.35. The Bertz CT molecular complexity index is 423. The molecule has 1 atom stereocenters. The van der Waals surface area contributed by atoms with Crippen LogP contribution in [-0.4, -0.2) is 19.2 Å². The summed E-state index contributed by atoms with van der Waals surface area (Å²) in [5, 5.41) is 0. The molecule has 1 unspecified atom stereocenters. The van der Waals surface area contributed by atoms with Crippen LogP contribution in [0.3, 0.4) is 0 Å². The van der Waals surface area contributed by atoms with Crippen LogP contribution < -0.4 is 0 Å². The fourth-order valence-corrected chi connectivity index (χ4v) is 3.26. The molecule has 2 rings (SSSR count). The Labute approximate surface area is 121 Å². The largest absolute Gasteiger partial charge is 0.464 e. The lowest BCUT2D eigenvalue weighted by molar-refractivity contribution is -0.183. The highest BCUT2D eigenvalue weighted by atomic mass is 16.6. The highest BCUT2D eigenvalue weighted by molar-refractivity contribution is 5.82. The second kappa shape index (κ2) is 6.89. The Morgan fingerprint density at radius 3 is 2.35 bits per heavy atom. The molecule has 1 fully saturated rings. The van der Waals surface area contributed by atoms with Gasteiger partial charge in [0.2, 0.25) is 0 Å². The second-order valence-electron chi connectivity index (χ2n) is 5.24. The van der Waals surface area contributed by atoms with Gasteiger partial charge in [0.1, 0.15) is 0 Å². The Kier molecular flexibility index (Phi) is 5.18. The zero-order valence-corrected chi connectivity index (χ0v) is 12.4. The van der Waals surface area contributed by atoms with Gasteiger partial charge < -0.3 is 9.47 Å². The van der Waals surface area contributed by atoms with Gasteiger partial charge in [-0.3, -0.25) is 0 Å². The molecular formula is C17H24O3. The van der Waals surface area contributed by atoms with E-state index in [4.69, 9.17) is 9.47 Å². The maximum atomic E-state index is 12.7. The predicted molar refractivity (Wildman–Crippen MR) is 78.3 cm³/mol. The van der Waals surface area contributed by atoms with Gasteiger partial charge in [-0.2, -0.15) is 0 Å². The third kappa shape index (κ3) is 2.73. The SMILES string of the molecule is CCOC(=O)C(OCC)(c1ccccc1)C1CCCC1. The average molecular weight is 276 g/mol. The van der Waals surface area contributed by atoms with Crippen LogP contribution in [0.25, 0.3) is 0 Å². The Morgan fingerprint density at radius 2 is 1.80 bits per heavy atom. The van der Waals surface area contributed by atoms with Crippen LogP contribution in [0.4, 0.5) is 0 Å². The van der Waals surface area contributed by atoms with E-state index in [0.29, 0.717) is 13.2 Å². The van der Waals surface area contributed by atoms with Crippen molar-refractivity contribution in [2.24, 2.45) is 5.92 Å². The summed E-state index contributed by atoms with van der Waals surface area (Å²) in [6.45, 7) is 4.66. The smallest absolute Gasteiger partial charge is 0.343 e. The molecule has 3 nitrogen and oxygen atoms in total. The fraction of sp³-hybridized carbons (Fsp3) is 0.588. The molecule has 0 amide bonds. The standard InChI is InChI=1S/C17H24O3/c1-3-19-16(18)17(20-4-2,15-12-8-9-13-15)14-10-6-5-7-11-14/h5-7,10-11,15H,3-4,8-9,12-13H2,1-2H3. The lowest BCUT2D eigenvalue weighted by Gasteiger charge is -2.36. The Morgan fingerprint density at radius 1 is 1.15 bits per heavy atom. The van der Waals surface area contributed by atoms with Gasteiger partial charge in [-0.05, 0) is 32.3 Å². The third-order valence-corrected chi connectivity index (χ3v) is 4.08. The molecule has 1 aromatic carbocycles. The molecule has 20 heavy (non-hydrogen) atoms. The zero-order chi connectivity index (χ0) is 14.4. The van der Waals surface area contributed by atoms with E-state index in [-0.39, 0.29) is 11.9 Å².